The molecule has 0 saturated heterocycles. The molecule has 0 heterocycles. The summed E-state index contributed by atoms with van der Waals surface area (Å²) in [5.41, 5.74) is -0.495. The van der Waals surface area contributed by atoms with E-state index in [1.54, 1.807) is 6.92 Å². The molecule has 2 unspecified atom stereocenters. The van der Waals surface area contributed by atoms with Gasteiger partial charge in [-0.1, -0.05) is 27.7 Å². The highest BCUT2D eigenvalue weighted by Crippen LogP contribution is 2.27. The first kappa shape index (κ1) is 17.5. The van der Waals surface area contributed by atoms with E-state index in [0.29, 0.717) is 6.42 Å². The normalized spacial score (nSPS) is 14.1. The smallest absolute Gasteiger partial charge is 0.319 e. The van der Waals surface area contributed by atoms with E-state index in [9.17, 15) is 9.59 Å². The zero-order valence-corrected chi connectivity index (χ0v) is 12.6. The number of hydrogen-bond acceptors (Lipinski definition) is 3. The molecule has 4 nitrogen and oxygen atoms in total. The van der Waals surface area contributed by atoms with Crippen LogP contribution in [0.2, 0.25) is 0 Å². The molecule has 2 atom stereocenters. The SMILES string of the molecule is C#CCC(CC)NC(=O)C(C(=O)OCC)C(C)(C)C. The molecule has 0 aliphatic rings. The fourth-order valence-corrected chi connectivity index (χ4v) is 1.80. The highest BCUT2D eigenvalue weighted by Gasteiger charge is 2.39. The minimum Gasteiger partial charge on any atom is -0.465 e. The van der Waals surface area contributed by atoms with Crippen LogP contribution in [0.5, 0.6) is 0 Å². The Bertz CT molecular complexity index is 349. The maximum absolute atomic E-state index is 12.3. The molecule has 19 heavy (non-hydrogen) atoms. The summed E-state index contributed by atoms with van der Waals surface area (Å²) in [6.45, 7) is 9.46. The molecule has 0 aromatic carbocycles. The Morgan fingerprint density at radius 1 is 1.32 bits per heavy atom. The van der Waals surface area contributed by atoms with E-state index in [1.165, 1.54) is 0 Å². The van der Waals surface area contributed by atoms with Crippen molar-refractivity contribution in [3.63, 3.8) is 0 Å². The van der Waals surface area contributed by atoms with Crippen LogP contribution < -0.4 is 5.32 Å². The Hall–Kier alpha value is -1.50. The van der Waals surface area contributed by atoms with E-state index in [-0.39, 0.29) is 18.6 Å². The van der Waals surface area contributed by atoms with Gasteiger partial charge in [-0.25, -0.2) is 0 Å². The van der Waals surface area contributed by atoms with Crippen LogP contribution >= 0.6 is 0 Å². The van der Waals surface area contributed by atoms with E-state index in [4.69, 9.17) is 11.2 Å². The van der Waals surface area contributed by atoms with Crippen LogP contribution in [0.25, 0.3) is 0 Å². The zero-order valence-electron chi connectivity index (χ0n) is 12.6. The maximum atomic E-state index is 12.3. The number of carbonyl (C=O) groups excluding carboxylic acids is 2. The minimum absolute atomic E-state index is 0.100. The molecule has 0 bridgehead atoms. The van der Waals surface area contributed by atoms with Gasteiger partial charge in [0.2, 0.25) is 5.91 Å². The van der Waals surface area contributed by atoms with E-state index in [0.717, 1.165) is 6.42 Å². The van der Waals surface area contributed by atoms with Gasteiger partial charge in [0.1, 0.15) is 5.92 Å². The van der Waals surface area contributed by atoms with Crippen molar-refractivity contribution in [1.82, 2.24) is 5.32 Å². The lowest BCUT2D eigenvalue weighted by atomic mass is 9.80. The van der Waals surface area contributed by atoms with Gasteiger partial charge in [0, 0.05) is 12.5 Å². The fourth-order valence-electron chi connectivity index (χ4n) is 1.80. The second kappa shape index (κ2) is 7.83. The van der Waals surface area contributed by atoms with Crippen LogP contribution in [0.3, 0.4) is 0 Å². The summed E-state index contributed by atoms with van der Waals surface area (Å²) in [4.78, 5) is 24.2. The Labute approximate surface area is 116 Å². The van der Waals surface area contributed by atoms with Crippen LogP contribution in [0.15, 0.2) is 0 Å². The maximum Gasteiger partial charge on any atom is 0.319 e. The topological polar surface area (TPSA) is 55.4 Å². The van der Waals surface area contributed by atoms with E-state index >= 15 is 0 Å². The van der Waals surface area contributed by atoms with Crippen molar-refractivity contribution in [2.45, 2.75) is 53.5 Å². The predicted octanol–water partition coefficient (Wildman–Crippen LogP) is 2.13. The number of amides is 1. The summed E-state index contributed by atoms with van der Waals surface area (Å²) in [6, 6.07) is -0.100. The fraction of sp³-hybridized carbons (Fsp3) is 0.733. The van der Waals surface area contributed by atoms with Crippen LogP contribution in [0, 0.1) is 23.7 Å². The van der Waals surface area contributed by atoms with Gasteiger partial charge in [0.15, 0.2) is 0 Å². The lowest BCUT2D eigenvalue weighted by Crippen LogP contribution is -2.46. The summed E-state index contributed by atoms with van der Waals surface area (Å²) in [5, 5.41) is 2.83. The summed E-state index contributed by atoms with van der Waals surface area (Å²) < 4.78 is 4.99. The molecular formula is C15H25NO3. The third kappa shape index (κ3) is 5.78. The van der Waals surface area contributed by atoms with Crippen molar-refractivity contribution in [2.75, 3.05) is 6.61 Å². The highest BCUT2D eigenvalue weighted by atomic mass is 16.5. The predicted molar refractivity (Wildman–Crippen MR) is 75.2 cm³/mol. The second-order valence-corrected chi connectivity index (χ2v) is 5.57. The summed E-state index contributed by atoms with van der Waals surface area (Å²) in [6.07, 6.45) is 6.45. The molecule has 108 valence electrons. The quantitative estimate of drug-likeness (QED) is 0.455. The lowest BCUT2D eigenvalue weighted by molar-refractivity contribution is -0.156. The van der Waals surface area contributed by atoms with Gasteiger partial charge in [-0.15, -0.1) is 12.3 Å². The first-order chi connectivity index (χ1) is 8.77. The van der Waals surface area contributed by atoms with Gasteiger partial charge in [0.25, 0.3) is 0 Å². The van der Waals surface area contributed by atoms with Gasteiger partial charge >= 0.3 is 5.97 Å². The first-order valence-corrected chi connectivity index (χ1v) is 6.68. The molecule has 0 spiro atoms. The number of carbonyl (C=O) groups is 2. The van der Waals surface area contributed by atoms with Crippen molar-refractivity contribution in [3.05, 3.63) is 0 Å². The standard InChI is InChI=1S/C15H25NO3/c1-7-10-11(8-2)16-13(17)12(15(4,5)6)14(18)19-9-3/h1,11-12H,8-10H2,2-6H3,(H,16,17). The number of ether oxygens (including phenoxy) is 1. The number of terminal acetylenes is 1. The second-order valence-electron chi connectivity index (χ2n) is 5.57. The minimum atomic E-state index is -0.820. The summed E-state index contributed by atoms with van der Waals surface area (Å²) in [5.74, 6) is 0.910. The number of nitrogens with one attached hydrogen (secondary N) is 1. The van der Waals surface area contributed by atoms with Crippen molar-refractivity contribution < 1.29 is 14.3 Å². The Morgan fingerprint density at radius 3 is 2.26 bits per heavy atom. The molecule has 0 fully saturated rings. The Morgan fingerprint density at radius 2 is 1.89 bits per heavy atom. The van der Waals surface area contributed by atoms with Gasteiger partial charge in [-0.2, -0.15) is 0 Å². The van der Waals surface area contributed by atoms with Gasteiger partial charge in [0.05, 0.1) is 6.61 Å². The monoisotopic (exact) mass is 267 g/mol. The van der Waals surface area contributed by atoms with Crippen LogP contribution in [-0.2, 0) is 14.3 Å². The Kier molecular flexibility index (Phi) is 7.21. The Balaban J connectivity index is 4.93. The summed E-state index contributed by atoms with van der Waals surface area (Å²) >= 11 is 0. The number of esters is 1. The summed E-state index contributed by atoms with van der Waals surface area (Å²) in [7, 11) is 0. The number of rotatable bonds is 6. The molecule has 0 aliphatic carbocycles. The largest absolute Gasteiger partial charge is 0.465 e. The van der Waals surface area contributed by atoms with Gasteiger partial charge < -0.3 is 10.1 Å². The van der Waals surface area contributed by atoms with Crippen LogP contribution in [0.4, 0.5) is 0 Å². The zero-order chi connectivity index (χ0) is 15.1. The van der Waals surface area contributed by atoms with Crippen molar-refractivity contribution >= 4 is 11.9 Å². The number of hydrogen-bond donors (Lipinski definition) is 1. The van der Waals surface area contributed by atoms with Crippen LogP contribution in [-0.4, -0.2) is 24.5 Å². The first-order valence-electron chi connectivity index (χ1n) is 6.68. The van der Waals surface area contributed by atoms with Crippen LogP contribution in [0.1, 0.15) is 47.5 Å². The molecule has 0 aromatic rings. The van der Waals surface area contributed by atoms with Gasteiger partial charge in [-0.05, 0) is 18.8 Å². The van der Waals surface area contributed by atoms with Crippen molar-refractivity contribution in [3.8, 4) is 12.3 Å². The molecule has 4 heteroatoms. The molecule has 1 N–H and O–H groups in total. The van der Waals surface area contributed by atoms with E-state index < -0.39 is 17.3 Å². The highest BCUT2D eigenvalue weighted by molar-refractivity contribution is 5.98. The molecule has 0 rings (SSSR count). The van der Waals surface area contributed by atoms with Gasteiger partial charge in [-0.3, -0.25) is 9.59 Å². The molecule has 0 aliphatic heterocycles. The van der Waals surface area contributed by atoms with E-state index in [1.807, 2.05) is 27.7 Å². The molecule has 0 saturated carbocycles. The van der Waals surface area contributed by atoms with Crippen molar-refractivity contribution in [1.29, 1.82) is 0 Å². The third-order valence-electron chi connectivity index (χ3n) is 2.85. The molecule has 0 radical (unpaired) electrons. The molecule has 1 amide bonds. The third-order valence-corrected chi connectivity index (χ3v) is 2.85. The van der Waals surface area contributed by atoms with E-state index in [2.05, 4.69) is 11.2 Å². The lowest BCUT2D eigenvalue weighted by Gasteiger charge is -2.29. The molecular weight excluding hydrogens is 242 g/mol. The van der Waals surface area contributed by atoms with Crippen molar-refractivity contribution in [2.24, 2.45) is 11.3 Å². The molecule has 0 aromatic heterocycles. The average Bonchev–Trinajstić information content (AvgIpc) is 2.26. The average molecular weight is 267 g/mol.